The molecular formula is C12H10O3. The molecule has 0 bridgehead atoms. The molecular weight excluding hydrogens is 192 g/mol. The molecule has 1 N–H and O–H groups in total. The van der Waals surface area contributed by atoms with Crippen molar-refractivity contribution in [1.29, 1.82) is 0 Å². The number of aliphatic carboxylic acids is 1. The van der Waals surface area contributed by atoms with Gasteiger partial charge in [0.25, 0.3) is 0 Å². The number of aryl methyl sites for hydroxylation is 2. The van der Waals surface area contributed by atoms with E-state index in [0.717, 1.165) is 11.1 Å². The Morgan fingerprint density at radius 3 is 2.40 bits per heavy atom. The van der Waals surface area contributed by atoms with Gasteiger partial charge < -0.3 is 5.11 Å². The summed E-state index contributed by atoms with van der Waals surface area (Å²) in [6.45, 7) is 3.90. The molecule has 3 nitrogen and oxygen atoms in total. The molecule has 15 heavy (non-hydrogen) atoms. The molecule has 3 heteroatoms. The van der Waals surface area contributed by atoms with E-state index in [1.54, 1.807) is 6.07 Å². The molecule has 1 aromatic carbocycles. The van der Waals surface area contributed by atoms with Crippen LogP contribution in [0.3, 0.4) is 0 Å². The Hall–Kier alpha value is -2.08. The van der Waals surface area contributed by atoms with Gasteiger partial charge in [-0.25, -0.2) is 4.79 Å². The highest BCUT2D eigenvalue weighted by Crippen LogP contribution is 2.08. The van der Waals surface area contributed by atoms with Crippen LogP contribution in [-0.4, -0.2) is 16.9 Å². The molecule has 0 atom stereocenters. The second-order valence-corrected chi connectivity index (χ2v) is 3.18. The van der Waals surface area contributed by atoms with E-state index in [1.165, 1.54) is 0 Å². The van der Waals surface area contributed by atoms with Crippen LogP contribution in [0.4, 0.5) is 0 Å². The third kappa shape index (κ3) is 2.96. The monoisotopic (exact) mass is 202 g/mol. The molecule has 0 radical (unpaired) electrons. The van der Waals surface area contributed by atoms with Gasteiger partial charge in [0.1, 0.15) is 0 Å². The van der Waals surface area contributed by atoms with Gasteiger partial charge in [-0.2, -0.15) is 0 Å². The standard InChI is InChI=1S/C12H10O3/c1-8-3-4-10(7-9(8)2)5-6-11(13)12(14)15/h3-4,7H,1-2H3,(H,14,15). The number of carbonyl (C=O) groups excluding carboxylic acids is 1. The van der Waals surface area contributed by atoms with Crippen molar-refractivity contribution in [3.8, 4) is 11.8 Å². The van der Waals surface area contributed by atoms with Gasteiger partial charge in [0.2, 0.25) is 0 Å². The number of hydrogen-bond acceptors (Lipinski definition) is 2. The fourth-order valence-corrected chi connectivity index (χ4v) is 1.00. The third-order valence-corrected chi connectivity index (χ3v) is 2.02. The molecule has 1 aromatic rings. The van der Waals surface area contributed by atoms with E-state index in [2.05, 4.69) is 11.8 Å². The lowest BCUT2D eigenvalue weighted by molar-refractivity contribution is -0.146. The molecule has 0 aliphatic heterocycles. The molecule has 0 unspecified atom stereocenters. The predicted octanol–water partition coefficient (Wildman–Crippen LogP) is 1.31. The van der Waals surface area contributed by atoms with Crippen LogP contribution in [-0.2, 0) is 9.59 Å². The van der Waals surface area contributed by atoms with Crippen LogP contribution in [0.5, 0.6) is 0 Å². The first kappa shape index (κ1) is 11.0. The molecule has 0 aliphatic rings. The van der Waals surface area contributed by atoms with Crippen LogP contribution in [0.2, 0.25) is 0 Å². The van der Waals surface area contributed by atoms with Crippen LogP contribution in [0, 0.1) is 25.7 Å². The average Bonchev–Trinajstić information content (AvgIpc) is 2.19. The lowest BCUT2D eigenvalue weighted by Crippen LogP contribution is -2.08. The molecule has 0 saturated carbocycles. The smallest absolute Gasteiger partial charge is 0.385 e. The minimum absolute atomic E-state index is 0.646. The van der Waals surface area contributed by atoms with Crippen molar-refractivity contribution >= 4 is 11.8 Å². The van der Waals surface area contributed by atoms with Crippen molar-refractivity contribution in [2.75, 3.05) is 0 Å². The number of carboxylic acid groups (broad SMARTS) is 1. The first-order valence-electron chi connectivity index (χ1n) is 4.37. The Bertz CT molecular complexity index is 475. The zero-order valence-electron chi connectivity index (χ0n) is 8.50. The molecule has 0 saturated heterocycles. The predicted molar refractivity (Wildman–Crippen MR) is 55.4 cm³/mol. The maximum Gasteiger partial charge on any atom is 0.385 e. The fraction of sp³-hybridized carbons (Fsp3) is 0.167. The minimum atomic E-state index is -1.52. The van der Waals surface area contributed by atoms with Crippen LogP contribution in [0.1, 0.15) is 16.7 Å². The first-order chi connectivity index (χ1) is 7.00. The second-order valence-electron chi connectivity index (χ2n) is 3.18. The number of benzene rings is 1. The molecule has 0 fully saturated rings. The van der Waals surface area contributed by atoms with Crippen molar-refractivity contribution in [3.05, 3.63) is 34.9 Å². The molecule has 0 heterocycles. The summed E-state index contributed by atoms with van der Waals surface area (Å²) in [6, 6.07) is 5.45. The molecule has 0 aliphatic carbocycles. The zero-order chi connectivity index (χ0) is 11.4. The van der Waals surface area contributed by atoms with E-state index in [9.17, 15) is 9.59 Å². The topological polar surface area (TPSA) is 54.4 Å². The van der Waals surface area contributed by atoms with Gasteiger partial charge in [-0.1, -0.05) is 12.0 Å². The van der Waals surface area contributed by atoms with E-state index in [1.807, 2.05) is 26.0 Å². The third-order valence-electron chi connectivity index (χ3n) is 2.02. The van der Waals surface area contributed by atoms with E-state index >= 15 is 0 Å². The number of hydrogen-bond donors (Lipinski definition) is 1. The highest BCUT2D eigenvalue weighted by Gasteiger charge is 2.05. The van der Waals surface area contributed by atoms with E-state index in [0.29, 0.717) is 5.56 Å². The summed E-state index contributed by atoms with van der Waals surface area (Å²) in [7, 11) is 0. The maximum atomic E-state index is 10.7. The SMILES string of the molecule is Cc1ccc(C#CC(=O)C(=O)O)cc1C. The Morgan fingerprint density at radius 2 is 1.87 bits per heavy atom. The van der Waals surface area contributed by atoms with E-state index in [-0.39, 0.29) is 0 Å². The van der Waals surface area contributed by atoms with Gasteiger partial charge in [0, 0.05) is 5.56 Å². The van der Waals surface area contributed by atoms with Gasteiger partial charge in [-0.3, -0.25) is 4.79 Å². The van der Waals surface area contributed by atoms with Crippen molar-refractivity contribution in [1.82, 2.24) is 0 Å². The highest BCUT2D eigenvalue weighted by molar-refractivity contribution is 6.40. The summed E-state index contributed by atoms with van der Waals surface area (Å²) in [5.41, 5.74) is 2.84. The Kier molecular flexibility index (Phi) is 3.25. The largest absolute Gasteiger partial charge is 0.475 e. The second kappa shape index (κ2) is 4.43. The lowest BCUT2D eigenvalue weighted by atomic mass is 10.1. The summed E-state index contributed by atoms with van der Waals surface area (Å²) < 4.78 is 0. The molecule has 1 rings (SSSR count). The molecule has 0 aromatic heterocycles. The van der Waals surface area contributed by atoms with Crippen LogP contribution < -0.4 is 0 Å². The van der Waals surface area contributed by atoms with Gasteiger partial charge in [-0.15, -0.1) is 0 Å². The highest BCUT2D eigenvalue weighted by atomic mass is 16.4. The number of ketones is 1. The Morgan fingerprint density at radius 1 is 1.20 bits per heavy atom. The van der Waals surface area contributed by atoms with E-state index in [4.69, 9.17) is 5.11 Å². The van der Waals surface area contributed by atoms with Gasteiger partial charge in [0.05, 0.1) is 0 Å². The number of carbonyl (C=O) groups is 2. The van der Waals surface area contributed by atoms with Gasteiger partial charge in [0.15, 0.2) is 0 Å². The number of rotatable bonds is 1. The first-order valence-corrected chi connectivity index (χ1v) is 4.37. The lowest BCUT2D eigenvalue weighted by Gasteiger charge is -1.98. The summed E-state index contributed by atoms with van der Waals surface area (Å²) in [6.07, 6.45) is 0. The van der Waals surface area contributed by atoms with Crippen molar-refractivity contribution in [2.24, 2.45) is 0 Å². The van der Waals surface area contributed by atoms with Gasteiger partial charge in [-0.05, 0) is 43.0 Å². The van der Waals surface area contributed by atoms with Crippen LogP contribution >= 0.6 is 0 Å². The van der Waals surface area contributed by atoms with Crippen LogP contribution in [0.25, 0.3) is 0 Å². The minimum Gasteiger partial charge on any atom is -0.475 e. The molecule has 76 valence electrons. The maximum absolute atomic E-state index is 10.7. The Balaban J connectivity index is 2.95. The Labute approximate surface area is 87.7 Å². The quantitative estimate of drug-likeness (QED) is 0.551. The summed E-state index contributed by atoms with van der Waals surface area (Å²) >= 11 is 0. The summed E-state index contributed by atoms with van der Waals surface area (Å²) in [5, 5.41) is 8.31. The summed E-state index contributed by atoms with van der Waals surface area (Å²) in [5.74, 6) is 1.96. The van der Waals surface area contributed by atoms with Crippen molar-refractivity contribution in [3.63, 3.8) is 0 Å². The number of carboxylic acids is 1. The molecule has 0 amide bonds. The van der Waals surface area contributed by atoms with Crippen molar-refractivity contribution in [2.45, 2.75) is 13.8 Å². The van der Waals surface area contributed by atoms with E-state index < -0.39 is 11.8 Å². The zero-order valence-corrected chi connectivity index (χ0v) is 8.50. The normalized spacial score (nSPS) is 8.93. The summed E-state index contributed by atoms with van der Waals surface area (Å²) in [4.78, 5) is 20.9. The number of Topliss-reactive ketones (excluding diaryl/α,β-unsaturated/α-hetero) is 1. The fourth-order valence-electron chi connectivity index (χ4n) is 1.00. The van der Waals surface area contributed by atoms with Gasteiger partial charge >= 0.3 is 11.8 Å². The average molecular weight is 202 g/mol. The van der Waals surface area contributed by atoms with Crippen LogP contribution in [0.15, 0.2) is 18.2 Å². The molecule has 0 spiro atoms. The van der Waals surface area contributed by atoms with Crippen molar-refractivity contribution < 1.29 is 14.7 Å².